The average Bonchev–Trinajstić information content (AvgIpc) is 3.89. The number of halogens is 1. The Morgan fingerprint density at radius 2 is 1.53 bits per heavy atom. The molecule has 0 saturated carbocycles. The summed E-state index contributed by atoms with van der Waals surface area (Å²) >= 11 is 7.43. The van der Waals surface area contributed by atoms with Crippen molar-refractivity contribution in [3.05, 3.63) is 124 Å². The van der Waals surface area contributed by atoms with Gasteiger partial charge in [-0.15, -0.1) is 11.3 Å². The summed E-state index contributed by atoms with van der Waals surface area (Å²) in [4.78, 5) is 26.8. The number of sulfonamides is 2. The molecule has 1 aromatic heterocycles. The maximum Gasteiger partial charge on any atom is 0.340 e. The van der Waals surface area contributed by atoms with Gasteiger partial charge in [-0.25, -0.2) is 26.6 Å². The first kappa shape index (κ1) is 36.7. The van der Waals surface area contributed by atoms with E-state index in [0.29, 0.717) is 17.9 Å². The van der Waals surface area contributed by atoms with E-state index < -0.39 is 44.6 Å². The predicted molar refractivity (Wildman–Crippen MR) is 201 cm³/mol. The zero-order chi connectivity index (χ0) is 37.3. The van der Waals surface area contributed by atoms with Gasteiger partial charge in [-0.05, 0) is 69.7 Å². The lowest BCUT2D eigenvalue weighted by Gasteiger charge is -2.33. The number of nitrogens with zero attached hydrogens (tertiary/aromatic N) is 4. The maximum atomic E-state index is 13.7. The molecule has 1 atom stereocenters. The van der Waals surface area contributed by atoms with Crippen LogP contribution in [0.15, 0.2) is 117 Å². The lowest BCUT2D eigenvalue weighted by atomic mass is 9.97. The minimum Gasteiger partial charge on any atom is -0.497 e. The van der Waals surface area contributed by atoms with E-state index >= 15 is 0 Å². The smallest absolute Gasteiger partial charge is 0.340 e. The molecule has 2 aliphatic rings. The molecule has 53 heavy (non-hydrogen) atoms. The summed E-state index contributed by atoms with van der Waals surface area (Å²) in [6, 6.07) is 27.5. The standard InChI is InChI=1S/C37H33ClN4O8S3/c1-49-29-12-10-26(11-13-29)34-23-33(28-9-8-25-5-2-3-6-27(25)21-28)39-42(34)35(43)24-50-37(44)31-22-30(14-15-32(31)38)52(45,46)40-16-18-41(19-17-40)53(47,48)36-7-4-20-51-36/h2-15,20-22,34H,16-19,23-24H2,1H3. The number of esters is 1. The van der Waals surface area contributed by atoms with Crippen LogP contribution in [-0.2, 0) is 29.6 Å². The van der Waals surface area contributed by atoms with Crippen molar-refractivity contribution in [2.45, 2.75) is 21.6 Å². The van der Waals surface area contributed by atoms with Gasteiger partial charge in [-0.3, -0.25) is 4.79 Å². The number of hydrogen-bond donors (Lipinski definition) is 0. The van der Waals surface area contributed by atoms with Crippen LogP contribution in [-0.4, -0.2) is 87.9 Å². The van der Waals surface area contributed by atoms with Crippen LogP contribution in [0.25, 0.3) is 10.8 Å². The van der Waals surface area contributed by atoms with Crippen LogP contribution in [0.4, 0.5) is 0 Å². The molecule has 0 radical (unpaired) electrons. The van der Waals surface area contributed by atoms with Crippen LogP contribution in [0, 0.1) is 0 Å². The number of carbonyl (C=O) groups is 2. The molecule has 2 aliphatic heterocycles. The van der Waals surface area contributed by atoms with Gasteiger partial charge in [-0.2, -0.15) is 13.7 Å². The summed E-state index contributed by atoms with van der Waals surface area (Å²) in [6.45, 7) is -0.937. The summed E-state index contributed by atoms with van der Waals surface area (Å²) in [5.41, 5.74) is 2.09. The Balaban J connectivity index is 1.06. The molecule has 1 saturated heterocycles. The van der Waals surface area contributed by atoms with Crippen molar-refractivity contribution in [1.82, 2.24) is 13.6 Å². The van der Waals surface area contributed by atoms with Crippen molar-refractivity contribution in [1.29, 1.82) is 0 Å². The molecule has 0 aliphatic carbocycles. The van der Waals surface area contributed by atoms with Crippen molar-refractivity contribution in [2.24, 2.45) is 5.10 Å². The van der Waals surface area contributed by atoms with E-state index in [1.54, 1.807) is 30.7 Å². The van der Waals surface area contributed by atoms with E-state index in [-0.39, 0.29) is 45.9 Å². The molecule has 1 fully saturated rings. The first-order chi connectivity index (χ1) is 25.4. The minimum atomic E-state index is -4.15. The second kappa shape index (κ2) is 15.0. The number of amides is 1. The molecule has 5 aromatic rings. The first-order valence-electron chi connectivity index (χ1n) is 16.5. The van der Waals surface area contributed by atoms with Gasteiger partial charge >= 0.3 is 5.97 Å². The lowest BCUT2D eigenvalue weighted by molar-refractivity contribution is -0.136. The van der Waals surface area contributed by atoms with E-state index in [4.69, 9.17) is 26.2 Å². The second-order valence-electron chi connectivity index (χ2n) is 12.3. The van der Waals surface area contributed by atoms with Crippen LogP contribution in [0.2, 0.25) is 5.02 Å². The molecule has 4 aromatic carbocycles. The van der Waals surface area contributed by atoms with Crippen LogP contribution in [0.1, 0.15) is 33.9 Å². The third kappa shape index (κ3) is 7.45. The fourth-order valence-corrected chi connectivity index (χ4v) is 10.5. The molecule has 0 N–H and O–H groups in total. The van der Waals surface area contributed by atoms with Gasteiger partial charge in [0, 0.05) is 32.6 Å². The van der Waals surface area contributed by atoms with Crippen molar-refractivity contribution >= 4 is 71.3 Å². The zero-order valence-electron chi connectivity index (χ0n) is 28.3. The highest BCUT2D eigenvalue weighted by Gasteiger charge is 2.36. The van der Waals surface area contributed by atoms with Crippen molar-refractivity contribution in [3.8, 4) is 5.75 Å². The number of methoxy groups -OCH3 is 1. The summed E-state index contributed by atoms with van der Waals surface area (Å²) < 4.78 is 66.4. The number of rotatable bonds is 10. The number of benzene rings is 4. The summed E-state index contributed by atoms with van der Waals surface area (Å²) in [5, 5.41) is 9.69. The van der Waals surface area contributed by atoms with E-state index in [0.717, 1.165) is 43.6 Å². The Morgan fingerprint density at radius 3 is 2.21 bits per heavy atom. The van der Waals surface area contributed by atoms with E-state index in [2.05, 4.69) is 0 Å². The Hall–Kier alpha value is -4.64. The van der Waals surface area contributed by atoms with Crippen molar-refractivity contribution < 1.29 is 35.9 Å². The number of hydrogen-bond acceptors (Lipinski definition) is 10. The molecule has 16 heteroatoms. The Bertz CT molecular complexity index is 2430. The molecule has 1 amide bonds. The van der Waals surface area contributed by atoms with Gasteiger partial charge in [0.15, 0.2) is 6.61 Å². The Morgan fingerprint density at radius 1 is 0.830 bits per heavy atom. The number of thiophene rings is 1. The summed E-state index contributed by atoms with van der Waals surface area (Å²) in [6.07, 6.45) is 0.407. The molecule has 7 rings (SSSR count). The number of hydrazone groups is 1. The molecular formula is C37H33ClN4O8S3. The van der Waals surface area contributed by atoms with Crippen LogP contribution >= 0.6 is 22.9 Å². The maximum absolute atomic E-state index is 13.7. The molecule has 0 bridgehead atoms. The van der Waals surface area contributed by atoms with Crippen LogP contribution < -0.4 is 4.74 Å². The molecule has 3 heterocycles. The quantitative estimate of drug-likeness (QED) is 0.162. The highest BCUT2D eigenvalue weighted by molar-refractivity contribution is 7.91. The van der Waals surface area contributed by atoms with Crippen LogP contribution in [0.3, 0.4) is 0 Å². The number of fused-ring (bicyclic) bond motifs is 1. The molecule has 274 valence electrons. The van der Waals surface area contributed by atoms with E-state index in [1.807, 2.05) is 54.6 Å². The summed E-state index contributed by atoms with van der Waals surface area (Å²) in [7, 11) is -6.32. The SMILES string of the molecule is COc1ccc(C2CC(c3ccc4ccccc4c3)=NN2C(=O)COC(=O)c2cc(S(=O)(=O)N3CCN(S(=O)(=O)c4cccs4)CC3)ccc2Cl)cc1. The van der Waals surface area contributed by atoms with Gasteiger partial charge < -0.3 is 9.47 Å². The number of ether oxygens (including phenoxy) is 2. The third-order valence-corrected chi connectivity index (χ3v) is 14.7. The highest BCUT2D eigenvalue weighted by atomic mass is 35.5. The highest BCUT2D eigenvalue weighted by Crippen LogP contribution is 2.35. The predicted octanol–water partition coefficient (Wildman–Crippen LogP) is 5.79. The van der Waals surface area contributed by atoms with E-state index in [1.165, 1.54) is 27.5 Å². The molecule has 12 nitrogen and oxygen atoms in total. The van der Waals surface area contributed by atoms with E-state index in [9.17, 15) is 26.4 Å². The lowest BCUT2D eigenvalue weighted by Crippen LogP contribution is -2.50. The average molecular weight is 793 g/mol. The van der Waals surface area contributed by atoms with Crippen LogP contribution in [0.5, 0.6) is 5.75 Å². The van der Waals surface area contributed by atoms with Gasteiger partial charge in [0.25, 0.3) is 15.9 Å². The first-order valence-corrected chi connectivity index (χ1v) is 20.6. The van der Waals surface area contributed by atoms with Crippen molar-refractivity contribution in [3.63, 3.8) is 0 Å². The van der Waals surface area contributed by atoms with Gasteiger partial charge in [0.05, 0.1) is 34.3 Å². The number of carbonyl (C=O) groups excluding carboxylic acids is 2. The largest absolute Gasteiger partial charge is 0.497 e. The fourth-order valence-electron chi connectivity index (χ4n) is 6.30. The summed E-state index contributed by atoms with van der Waals surface area (Å²) in [5.74, 6) is -0.934. The molecule has 1 unspecified atom stereocenters. The molecule has 0 spiro atoms. The second-order valence-corrected chi connectivity index (χ2v) is 17.8. The topological polar surface area (TPSA) is 143 Å². The normalized spacial score (nSPS) is 17.1. The monoisotopic (exact) mass is 792 g/mol. The third-order valence-electron chi connectivity index (χ3n) is 9.16. The number of piperazine rings is 1. The minimum absolute atomic E-state index is 0.0385. The zero-order valence-corrected chi connectivity index (χ0v) is 31.5. The molecular weight excluding hydrogens is 760 g/mol. The fraction of sp³-hybridized carbons (Fsp3) is 0.216. The Labute approximate surface area is 315 Å². The van der Waals surface area contributed by atoms with Gasteiger partial charge in [0.1, 0.15) is 9.96 Å². The van der Waals surface area contributed by atoms with Gasteiger partial charge in [-0.1, -0.05) is 66.2 Å². The Kier molecular flexibility index (Phi) is 10.4. The van der Waals surface area contributed by atoms with Gasteiger partial charge in [0.2, 0.25) is 10.0 Å². The van der Waals surface area contributed by atoms with Crippen molar-refractivity contribution in [2.75, 3.05) is 39.9 Å².